The van der Waals surface area contributed by atoms with E-state index in [-0.39, 0.29) is 39.0 Å². The van der Waals surface area contributed by atoms with Crippen LogP contribution in [-0.4, -0.2) is 50.6 Å². The van der Waals surface area contributed by atoms with E-state index in [1.807, 2.05) is 13.1 Å². The third kappa shape index (κ3) is 7.29. The van der Waals surface area contributed by atoms with Gasteiger partial charge in [-0.3, -0.25) is 0 Å². The molecule has 3 unspecified atom stereocenters. The molecule has 0 saturated heterocycles. The highest BCUT2D eigenvalue weighted by Gasteiger charge is 2.69. The molecule has 0 amide bonds. The van der Waals surface area contributed by atoms with Gasteiger partial charge < -0.3 is 14.3 Å². The minimum atomic E-state index is -5.86. The first-order chi connectivity index (χ1) is 21.8. The van der Waals surface area contributed by atoms with Crippen molar-refractivity contribution >= 4 is 16.6 Å². The molecule has 4 rings (SSSR count). The molecule has 3 nitrogen and oxygen atoms in total. The van der Waals surface area contributed by atoms with E-state index in [9.17, 15) is 36.2 Å². The van der Waals surface area contributed by atoms with Crippen molar-refractivity contribution in [3.8, 4) is 0 Å². The summed E-state index contributed by atoms with van der Waals surface area (Å²) in [4.78, 5) is 11.4. The van der Waals surface area contributed by atoms with Crippen LogP contribution < -0.4 is 0 Å². The molecule has 0 spiro atoms. The van der Waals surface area contributed by atoms with E-state index in [1.54, 1.807) is 6.92 Å². The van der Waals surface area contributed by atoms with Crippen molar-refractivity contribution in [3.63, 3.8) is 0 Å². The molecule has 0 aromatic carbocycles. The second-order valence-corrected chi connectivity index (χ2v) is 29.3. The first-order valence-corrected chi connectivity index (χ1v) is 24.6. The normalized spacial score (nSPS) is 37.5. The Hall–Kier alpha value is -0.366. The molecule has 11 heteroatoms. The maximum atomic E-state index is 13.5. The van der Waals surface area contributed by atoms with Gasteiger partial charge >= 0.3 is 12.4 Å². The van der Waals surface area contributed by atoms with E-state index < -0.39 is 40.5 Å². The summed E-state index contributed by atoms with van der Waals surface area (Å²) in [6.45, 7) is 26.5. The molecule has 0 aliphatic heterocycles. The van der Waals surface area contributed by atoms with Crippen molar-refractivity contribution in [3.05, 3.63) is 12.2 Å². The lowest BCUT2D eigenvalue weighted by Gasteiger charge is -2.64. The fourth-order valence-corrected chi connectivity index (χ4v) is 13.1. The Morgan fingerprint density at radius 1 is 0.796 bits per heavy atom. The smallest absolute Gasteiger partial charge is 0.429 e. The predicted octanol–water partition coefficient (Wildman–Crippen LogP) is 11.7. The Morgan fingerprint density at radius 2 is 1.33 bits per heavy atom. The Bertz CT molecular complexity index is 1200. The SMILES string of the molecule is C[C@H](/C=C/C(O)(C(F)(F)F)C(F)(F)F)[C@H]1CCC2C3C[C@H](CC(C)(C)[Si](C)(C)O)[C@@H]4C[C@H](O[Si](C)(C)C(C)(C)C)CC[C@]4(C)C3CC[C@@]21C. The number of hydrogen-bond donors (Lipinski definition) is 2. The van der Waals surface area contributed by atoms with Crippen molar-refractivity contribution in [1.29, 1.82) is 0 Å². The van der Waals surface area contributed by atoms with Gasteiger partial charge in [0, 0.05) is 6.10 Å². The molecular formula is C38H66F6O3Si2. The van der Waals surface area contributed by atoms with E-state index in [2.05, 4.69) is 61.6 Å². The maximum Gasteiger partial charge on any atom is 0.429 e. The zero-order valence-corrected chi connectivity index (χ0v) is 34.2. The number of aliphatic hydroxyl groups is 1. The molecule has 0 bridgehead atoms. The van der Waals surface area contributed by atoms with Gasteiger partial charge in [0.2, 0.25) is 0 Å². The largest absolute Gasteiger partial charge is 0.432 e. The van der Waals surface area contributed by atoms with Crippen LogP contribution in [0.5, 0.6) is 0 Å². The summed E-state index contributed by atoms with van der Waals surface area (Å²) >= 11 is 0. The fraction of sp³-hybridized carbons (Fsp3) is 0.947. The van der Waals surface area contributed by atoms with E-state index >= 15 is 0 Å². The van der Waals surface area contributed by atoms with Crippen LogP contribution in [0.15, 0.2) is 12.2 Å². The second kappa shape index (κ2) is 12.9. The van der Waals surface area contributed by atoms with Gasteiger partial charge in [0.1, 0.15) is 0 Å². The van der Waals surface area contributed by atoms with Gasteiger partial charge in [-0.2, -0.15) is 26.3 Å². The Balaban J connectivity index is 1.65. The topological polar surface area (TPSA) is 49.7 Å². The van der Waals surface area contributed by atoms with Crippen LogP contribution in [0.3, 0.4) is 0 Å². The van der Waals surface area contributed by atoms with E-state index in [4.69, 9.17) is 4.43 Å². The van der Waals surface area contributed by atoms with Crippen molar-refractivity contribution in [2.75, 3.05) is 0 Å². The minimum absolute atomic E-state index is 0.0464. The number of alkyl halides is 6. The van der Waals surface area contributed by atoms with Gasteiger partial charge in [0.25, 0.3) is 5.60 Å². The van der Waals surface area contributed by atoms with E-state index in [0.717, 1.165) is 63.9 Å². The molecule has 4 aliphatic rings. The number of halogens is 6. The Kier molecular flexibility index (Phi) is 10.9. The summed E-state index contributed by atoms with van der Waals surface area (Å²) in [6.07, 6.45) is -1.83. The molecule has 0 aromatic rings. The molecule has 0 aromatic heterocycles. The molecule has 4 aliphatic carbocycles. The van der Waals surface area contributed by atoms with Crippen molar-refractivity contribution in [1.82, 2.24) is 0 Å². The van der Waals surface area contributed by atoms with Gasteiger partial charge in [0.05, 0.1) is 0 Å². The van der Waals surface area contributed by atoms with Crippen LogP contribution >= 0.6 is 0 Å². The van der Waals surface area contributed by atoms with Crippen LogP contribution in [0.2, 0.25) is 36.3 Å². The zero-order chi connectivity index (χ0) is 37.6. The van der Waals surface area contributed by atoms with Crippen LogP contribution in [0, 0.1) is 52.3 Å². The highest BCUT2D eigenvalue weighted by molar-refractivity contribution is 6.74. The summed E-state index contributed by atoms with van der Waals surface area (Å²) in [7, 11) is -4.48. The molecule has 49 heavy (non-hydrogen) atoms. The molecule has 10 atom stereocenters. The molecule has 4 saturated carbocycles. The lowest BCUT2D eigenvalue weighted by atomic mass is 9.42. The lowest BCUT2D eigenvalue weighted by molar-refractivity contribution is -0.347. The summed E-state index contributed by atoms with van der Waals surface area (Å²) in [6, 6.07) is 0. The van der Waals surface area contributed by atoms with Crippen molar-refractivity contribution in [2.24, 2.45) is 52.3 Å². The van der Waals surface area contributed by atoms with Crippen molar-refractivity contribution < 1.29 is 40.7 Å². The number of hydrogen-bond acceptors (Lipinski definition) is 3. The molecular weight excluding hydrogens is 675 g/mol. The van der Waals surface area contributed by atoms with Gasteiger partial charge in [-0.05, 0) is 152 Å². The Morgan fingerprint density at radius 3 is 1.84 bits per heavy atom. The summed E-state index contributed by atoms with van der Waals surface area (Å²) in [5.41, 5.74) is -4.97. The van der Waals surface area contributed by atoms with Crippen LogP contribution in [0.25, 0.3) is 0 Å². The van der Waals surface area contributed by atoms with E-state index in [1.165, 1.54) is 0 Å². The average molecular weight is 741 g/mol. The minimum Gasteiger partial charge on any atom is -0.432 e. The molecule has 286 valence electrons. The fourth-order valence-electron chi connectivity index (χ4n) is 11.0. The standard InChI is InChI=1S/C38H66F6O3Si2/c1-24(15-20-36(45,37(39,40)41)38(42,43)44)28-13-14-29-27-21-25(23-33(5,6)48(9,10)46)31-22-26(47-49(11,12)32(2,3)4)16-18-35(31,8)30(27)17-19-34(28,29)7/h15,20,24-31,45-46H,13-14,16-19,21-23H2,1-12H3/b20-15+/t24-,25-,26-,27?,28-,29?,30?,31+,34-,35-/m1/s1. The first kappa shape index (κ1) is 41.4. The molecule has 0 radical (unpaired) electrons. The molecule has 2 N–H and O–H groups in total. The number of fused-ring (bicyclic) bond motifs is 5. The number of allylic oxidation sites excluding steroid dienone is 1. The van der Waals surface area contributed by atoms with E-state index in [0.29, 0.717) is 29.6 Å². The van der Waals surface area contributed by atoms with Gasteiger partial charge in [-0.25, -0.2) is 0 Å². The third-order valence-corrected chi connectivity index (χ3v) is 23.8. The third-order valence-electron chi connectivity index (χ3n) is 15.7. The average Bonchev–Trinajstić information content (AvgIpc) is 3.26. The zero-order valence-electron chi connectivity index (χ0n) is 32.2. The Labute approximate surface area is 294 Å². The maximum absolute atomic E-state index is 13.5. The molecule has 4 fully saturated rings. The number of rotatable bonds is 8. The summed E-state index contributed by atoms with van der Waals surface area (Å²) < 4.78 is 87.9. The van der Waals surface area contributed by atoms with Gasteiger partial charge in [-0.1, -0.05) is 61.5 Å². The first-order valence-electron chi connectivity index (χ1n) is 18.8. The van der Waals surface area contributed by atoms with Crippen LogP contribution in [0.1, 0.15) is 113 Å². The summed E-state index contributed by atoms with van der Waals surface area (Å²) in [5.74, 6) is 1.52. The molecule has 0 heterocycles. The quantitative estimate of drug-likeness (QED) is 0.148. The van der Waals surface area contributed by atoms with Gasteiger partial charge in [0.15, 0.2) is 16.6 Å². The van der Waals surface area contributed by atoms with Crippen LogP contribution in [-0.2, 0) is 4.43 Å². The van der Waals surface area contributed by atoms with Gasteiger partial charge in [-0.15, -0.1) is 0 Å². The lowest BCUT2D eigenvalue weighted by Crippen LogP contribution is -2.58. The monoisotopic (exact) mass is 740 g/mol. The predicted molar refractivity (Wildman–Crippen MR) is 190 cm³/mol. The van der Waals surface area contributed by atoms with Crippen molar-refractivity contribution in [2.45, 2.75) is 173 Å². The highest BCUT2D eigenvalue weighted by Crippen LogP contribution is 2.70. The van der Waals surface area contributed by atoms with Crippen LogP contribution in [0.4, 0.5) is 26.3 Å². The highest BCUT2D eigenvalue weighted by atomic mass is 28.4. The summed E-state index contributed by atoms with van der Waals surface area (Å²) in [5, 5.41) is 9.74. The second-order valence-electron chi connectivity index (χ2n) is 20.1.